The number of hydrazone groups is 1. The lowest BCUT2D eigenvalue weighted by molar-refractivity contribution is -0.137. The number of aromatic hydroxyl groups is 1. The zero-order chi connectivity index (χ0) is 17.0. The van der Waals surface area contributed by atoms with Crippen molar-refractivity contribution in [3.05, 3.63) is 52.1 Å². The van der Waals surface area contributed by atoms with Gasteiger partial charge < -0.3 is 5.11 Å². The minimum absolute atomic E-state index is 0.0657. The van der Waals surface area contributed by atoms with Crippen LogP contribution >= 0.6 is 15.9 Å². The lowest BCUT2D eigenvalue weighted by Crippen LogP contribution is -2.07. The Balaban J connectivity index is 2.21. The van der Waals surface area contributed by atoms with E-state index in [0.29, 0.717) is 17.7 Å². The third-order valence-corrected chi connectivity index (χ3v) is 3.49. The Kier molecular flexibility index (Phi) is 5.25. The predicted octanol–water partition coefficient (Wildman–Crippen LogP) is 4.79. The van der Waals surface area contributed by atoms with Crippen molar-refractivity contribution in [3.63, 3.8) is 0 Å². The predicted molar refractivity (Wildman–Crippen MR) is 85.5 cm³/mol. The molecule has 4 nitrogen and oxygen atoms in total. The molecule has 0 spiro atoms. The van der Waals surface area contributed by atoms with Crippen molar-refractivity contribution < 1.29 is 18.3 Å². The molecule has 1 heterocycles. The molecular formula is C15H13BrF3N3O. The van der Waals surface area contributed by atoms with Crippen molar-refractivity contribution in [2.24, 2.45) is 5.10 Å². The maximum atomic E-state index is 12.5. The second-order valence-electron chi connectivity index (χ2n) is 4.62. The second kappa shape index (κ2) is 6.99. The molecule has 0 unspecified atom stereocenters. The number of benzene rings is 1. The number of hydrogen-bond acceptors (Lipinski definition) is 4. The van der Waals surface area contributed by atoms with Crippen LogP contribution in [0.25, 0.3) is 0 Å². The van der Waals surface area contributed by atoms with Gasteiger partial charge in [-0.25, -0.2) is 4.98 Å². The summed E-state index contributed by atoms with van der Waals surface area (Å²) >= 11 is 3.31. The number of aromatic nitrogens is 1. The molecule has 0 bridgehead atoms. The molecule has 122 valence electrons. The molecule has 1 aromatic heterocycles. The zero-order valence-corrected chi connectivity index (χ0v) is 13.6. The van der Waals surface area contributed by atoms with Gasteiger partial charge in [0.1, 0.15) is 11.6 Å². The summed E-state index contributed by atoms with van der Waals surface area (Å²) in [4.78, 5) is 3.68. The van der Waals surface area contributed by atoms with Crippen molar-refractivity contribution in [1.29, 1.82) is 0 Å². The van der Waals surface area contributed by atoms with Gasteiger partial charge in [-0.2, -0.15) is 18.3 Å². The topological polar surface area (TPSA) is 57.5 Å². The van der Waals surface area contributed by atoms with E-state index in [-0.39, 0.29) is 11.6 Å². The number of hydrogen-bond donors (Lipinski definition) is 2. The zero-order valence-electron chi connectivity index (χ0n) is 12.0. The number of nitrogens with zero attached hydrogens (tertiary/aromatic N) is 2. The molecule has 0 aliphatic carbocycles. The number of phenols is 1. The van der Waals surface area contributed by atoms with E-state index in [9.17, 15) is 18.3 Å². The van der Waals surface area contributed by atoms with Gasteiger partial charge in [0.15, 0.2) is 0 Å². The smallest absolute Gasteiger partial charge is 0.417 e. The van der Waals surface area contributed by atoms with E-state index in [2.05, 4.69) is 31.4 Å². The molecule has 0 aliphatic rings. The Labute approximate surface area is 139 Å². The minimum Gasteiger partial charge on any atom is -0.507 e. The van der Waals surface area contributed by atoms with E-state index in [1.165, 1.54) is 12.1 Å². The van der Waals surface area contributed by atoms with Gasteiger partial charge in [-0.15, -0.1) is 0 Å². The second-order valence-corrected chi connectivity index (χ2v) is 5.53. The molecule has 0 saturated heterocycles. The van der Waals surface area contributed by atoms with Crippen LogP contribution in [0.3, 0.4) is 0 Å². The summed E-state index contributed by atoms with van der Waals surface area (Å²) in [5.41, 5.74) is 2.85. The van der Waals surface area contributed by atoms with Gasteiger partial charge in [-0.1, -0.05) is 22.9 Å². The van der Waals surface area contributed by atoms with Crippen molar-refractivity contribution >= 4 is 27.5 Å². The summed E-state index contributed by atoms with van der Waals surface area (Å²) in [5.74, 6) is 0.245. The molecule has 0 fully saturated rings. The molecule has 1 aromatic carbocycles. The van der Waals surface area contributed by atoms with Gasteiger partial charge >= 0.3 is 6.18 Å². The third-order valence-electron chi connectivity index (χ3n) is 3.00. The van der Waals surface area contributed by atoms with Crippen LogP contribution in [0.15, 0.2) is 46.1 Å². The van der Waals surface area contributed by atoms with Crippen LogP contribution < -0.4 is 5.43 Å². The Bertz CT molecular complexity index is 715. The summed E-state index contributed by atoms with van der Waals surface area (Å²) in [6, 6.07) is 7.05. The highest BCUT2D eigenvalue weighted by atomic mass is 79.9. The fraction of sp³-hybridized carbons (Fsp3) is 0.200. The Morgan fingerprint density at radius 3 is 2.61 bits per heavy atom. The number of rotatable bonds is 4. The average Bonchev–Trinajstić information content (AvgIpc) is 2.50. The SMILES string of the molecule is CCC(=NNc1ccc(C(F)(F)F)cn1)c1cc(Br)ccc1O. The lowest BCUT2D eigenvalue weighted by Gasteiger charge is -2.09. The summed E-state index contributed by atoms with van der Waals surface area (Å²) in [6.45, 7) is 1.85. The number of phenolic OH excluding ortho intramolecular Hbond substituents is 1. The molecule has 8 heteroatoms. The molecule has 2 rings (SSSR count). The maximum absolute atomic E-state index is 12.5. The van der Waals surface area contributed by atoms with Gasteiger partial charge in [-0.3, -0.25) is 5.43 Å². The molecule has 0 aliphatic heterocycles. The largest absolute Gasteiger partial charge is 0.507 e. The van der Waals surface area contributed by atoms with E-state index in [1.807, 2.05) is 6.92 Å². The first-order valence-corrected chi connectivity index (χ1v) is 7.45. The normalized spacial score (nSPS) is 12.3. The van der Waals surface area contributed by atoms with Crippen LogP contribution in [0.2, 0.25) is 0 Å². The van der Waals surface area contributed by atoms with E-state index in [1.54, 1.807) is 12.1 Å². The fourth-order valence-corrected chi connectivity index (χ4v) is 2.18. The molecule has 2 aromatic rings. The molecule has 23 heavy (non-hydrogen) atoms. The highest BCUT2D eigenvalue weighted by molar-refractivity contribution is 9.10. The van der Waals surface area contributed by atoms with Gasteiger partial charge in [0.05, 0.1) is 11.3 Å². The molecule has 0 amide bonds. The quantitative estimate of drug-likeness (QED) is 0.585. The third kappa shape index (κ3) is 4.44. The highest BCUT2D eigenvalue weighted by Crippen LogP contribution is 2.29. The highest BCUT2D eigenvalue weighted by Gasteiger charge is 2.30. The van der Waals surface area contributed by atoms with E-state index in [4.69, 9.17) is 0 Å². The molecule has 0 radical (unpaired) electrons. The number of nitrogens with one attached hydrogen (secondary N) is 1. The van der Waals surface area contributed by atoms with E-state index in [0.717, 1.165) is 16.7 Å². The summed E-state index contributed by atoms with van der Waals surface area (Å²) in [7, 11) is 0. The van der Waals surface area contributed by atoms with Crippen molar-refractivity contribution in [1.82, 2.24) is 4.98 Å². The van der Waals surface area contributed by atoms with E-state index < -0.39 is 11.7 Å². The van der Waals surface area contributed by atoms with Gasteiger partial charge in [0.2, 0.25) is 0 Å². The van der Waals surface area contributed by atoms with Crippen LogP contribution in [-0.2, 0) is 6.18 Å². The van der Waals surface area contributed by atoms with Crippen molar-refractivity contribution in [2.45, 2.75) is 19.5 Å². The standard InChI is InChI=1S/C15H13BrF3N3O/c1-2-12(11-7-10(16)4-5-13(11)23)21-22-14-6-3-9(8-20-14)15(17,18)19/h3-8,23H,2H2,1H3,(H,20,22). The first-order chi connectivity index (χ1) is 10.8. The Morgan fingerprint density at radius 1 is 1.30 bits per heavy atom. The first-order valence-electron chi connectivity index (χ1n) is 6.66. The maximum Gasteiger partial charge on any atom is 0.417 e. The van der Waals surface area contributed by atoms with Crippen molar-refractivity contribution in [2.75, 3.05) is 5.43 Å². The Morgan fingerprint density at radius 2 is 2.04 bits per heavy atom. The number of anilines is 1. The lowest BCUT2D eigenvalue weighted by atomic mass is 10.1. The number of halogens is 4. The average molecular weight is 388 g/mol. The van der Waals surface area contributed by atoms with Gasteiger partial charge in [-0.05, 0) is 36.8 Å². The van der Waals surface area contributed by atoms with Crippen LogP contribution in [0, 0.1) is 0 Å². The van der Waals surface area contributed by atoms with Crippen LogP contribution in [0.5, 0.6) is 5.75 Å². The molecule has 0 saturated carbocycles. The van der Waals surface area contributed by atoms with Crippen molar-refractivity contribution in [3.8, 4) is 5.75 Å². The van der Waals surface area contributed by atoms with Crippen LogP contribution in [-0.4, -0.2) is 15.8 Å². The summed E-state index contributed by atoms with van der Waals surface area (Å²) in [6.07, 6.45) is -3.18. The molecule has 2 N–H and O–H groups in total. The van der Waals surface area contributed by atoms with Gasteiger partial charge in [0.25, 0.3) is 0 Å². The Hall–Kier alpha value is -2.09. The monoisotopic (exact) mass is 387 g/mol. The molecule has 0 atom stereocenters. The number of alkyl halides is 3. The van der Waals surface area contributed by atoms with Crippen LogP contribution in [0.4, 0.5) is 19.0 Å². The fourth-order valence-electron chi connectivity index (χ4n) is 1.82. The van der Waals surface area contributed by atoms with Gasteiger partial charge in [0, 0.05) is 16.2 Å². The first kappa shape index (κ1) is 17.3. The summed E-state index contributed by atoms with van der Waals surface area (Å²) < 4.78 is 38.2. The minimum atomic E-state index is -4.43. The van der Waals surface area contributed by atoms with Crippen LogP contribution in [0.1, 0.15) is 24.5 Å². The van der Waals surface area contributed by atoms with E-state index >= 15 is 0 Å². The number of pyridine rings is 1. The summed E-state index contributed by atoms with van der Waals surface area (Å²) in [5, 5.41) is 14.0. The molecular weight excluding hydrogens is 375 g/mol.